The standard InChI is InChI=1S/C20H18N2O4/c1-12-5-3-4-6-14(12)16-10-19(23)26-18-9-13(7-8-15(16)18)22-17(11-25-2)20(21)24/h3-11,22H,1-2H3,(H2,21,24). The van der Waals surface area contributed by atoms with Crippen LogP contribution in [0.5, 0.6) is 0 Å². The van der Waals surface area contributed by atoms with Gasteiger partial charge < -0.3 is 20.2 Å². The smallest absolute Gasteiger partial charge is 0.336 e. The number of methoxy groups -OCH3 is 1. The third-order valence-corrected chi connectivity index (χ3v) is 3.96. The van der Waals surface area contributed by atoms with Crippen LogP contribution in [0.2, 0.25) is 0 Å². The van der Waals surface area contributed by atoms with E-state index in [1.54, 1.807) is 12.1 Å². The minimum atomic E-state index is -0.665. The highest BCUT2D eigenvalue weighted by Crippen LogP contribution is 2.31. The molecule has 0 fully saturated rings. The Hall–Kier alpha value is -3.54. The van der Waals surface area contributed by atoms with Crippen LogP contribution >= 0.6 is 0 Å². The molecule has 3 aromatic rings. The fraction of sp³-hybridized carbons (Fsp3) is 0.100. The molecule has 1 amide bonds. The topological polar surface area (TPSA) is 94.6 Å². The number of benzene rings is 2. The molecule has 6 heteroatoms. The van der Waals surface area contributed by atoms with E-state index in [9.17, 15) is 9.59 Å². The van der Waals surface area contributed by atoms with E-state index in [4.69, 9.17) is 14.9 Å². The van der Waals surface area contributed by atoms with E-state index in [-0.39, 0.29) is 5.70 Å². The highest BCUT2D eigenvalue weighted by atomic mass is 16.5. The molecule has 6 nitrogen and oxygen atoms in total. The van der Waals surface area contributed by atoms with Crippen LogP contribution in [0, 0.1) is 6.92 Å². The van der Waals surface area contributed by atoms with Gasteiger partial charge in [0.2, 0.25) is 0 Å². The van der Waals surface area contributed by atoms with Gasteiger partial charge in [-0.1, -0.05) is 24.3 Å². The zero-order valence-electron chi connectivity index (χ0n) is 14.4. The van der Waals surface area contributed by atoms with Gasteiger partial charge in [-0.25, -0.2) is 4.79 Å². The molecular formula is C20H18N2O4. The van der Waals surface area contributed by atoms with E-state index in [0.29, 0.717) is 11.3 Å². The van der Waals surface area contributed by atoms with Gasteiger partial charge in [0.15, 0.2) is 0 Å². The molecule has 2 aromatic carbocycles. The number of amides is 1. The van der Waals surface area contributed by atoms with Crippen molar-refractivity contribution in [3.63, 3.8) is 0 Å². The lowest BCUT2D eigenvalue weighted by molar-refractivity contribution is -0.114. The molecule has 0 unspecified atom stereocenters. The number of nitrogens with two attached hydrogens (primary N) is 1. The molecule has 0 aliphatic rings. The quantitative estimate of drug-likeness (QED) is 0.419. The van der Waals surface area contributed by atoms with Gasteiger partial charge in [0, 0.05) is 28.8 Å². The van der Waals surface area contributed by atoms with Gasteiger partial charge >= 0.3 is 5.63 Å². The molecular weight excluding hydrogens is 332 g/mol. The molecule has 0 aliphatic heterocycles. The molecule has 0 saturated heterocycles. The van der Waals surface area contributed by atoms with E-state index in [0.717, 1.165) is 22.1 Å². The van der Waals surface area contributed by atoms with Crippen molar-refractivity contribution in [2.75, 3.05) is 12.4 Å². The molecule has 0 saturated carbocycles. The number of primary amides is 1. The first-order valence-corrected chi connectivity index (χ1v) is 7.93. The van der Waals surface area contributed by atoms with E-state index < -0.39 is 11.5 Å². The van der Waals surface area contributed by atoms with Crippen LogP contribution in [-0.2, 0) is 9.53 Å². The number of hydrogen-bond donors (Lipinski definition) is 2. The maximum absolute atomic E-state index is 12.0. The van der Waals surface area contributed by atoms with Crippen molar-refractivity contribution in [3.8, 4) is 11.1 Å². The summed E-state index contributed by atoms with van der Waals surface area (Å²) in [6, 6.07) is 14.5. The molecule has 1 aromatic heterocycles. The number of nitrogens with one attached hydrogen (secondary N) is 1. The third kappa shape index (κ3) is 3.44. The summed E-state index contributed by atoms with van der Waals surface area (Å²) in [4.78, 5) is 23.5. The zero-order valence-corrected chi connectivity index (χ0v) is 14.4. The van der Waals surface area contributed by atoms with Crippen molar-refractivity contribution in [2.45, 2.75) is 6.92 Å². The Morgan fingerprint density at radius 3 is 2.62 bits per heavy atom. The number of carbonyl (C=O) groups is 1. The van der Waals surface area contributed by atoms with Crippen LogP contribution in [0.3, 0.4) is 0 Å². The van der Waals surface area contributed by atoms with Gasteiger partial charge in [-0.05, 0) is 30.2 Å². The molecule has 0 atom stereocenters. The summed E-state index contributed by atoms with van der Waals surface area (Å²) in [5.41, 5.74) is 8.70. The van der Waals surface area contributed by atoms with Crippen molar-refractivity contribution >= 4 is 22.6 Å². The van der Waals surface area contributed by atoms with Crippen molar-refractivity contribution in [3.05, 3.63) is 76.5 Å². The Bertz CT molecular complexity index is 1070. The Balaban J connectivity index is 2.12. The van der Waals surface area contributed by atoms with E-state index in [1.807, 2.05) is 37.3 Å². The molecule has 0 spiro atoms. The molecule has 0 bridgehead atoms. The second-order valence-electron chi connectivity index (χ2n) is 5.76. The highest BCUT2D eigenvalue weighted by molar-refractivity contribution is 5.97. The van der Waals surface area contributed by atoms with Crippen LogP contribution in [0.4, 0.5) is 5.69 Å². The van der Waals surface area contributed by atoms with Crippen molar-refractivity contribution in [1.29, 1.82) is 0 Å². The van der Waals surface area contributed by atoms with Crippen molar-refractivity contribution in [2.24, 2.45) is 5.73 Å². The van der Waals surface area contributed by atoms with Gasteiger partial charge in [0.1, 0.15) is 17.5 Å². The third-order valence-electron chi connectivity index (χ3n) is 3.96. The molecule has 132 valence electrons. The Morgan fingerprint density at radius 1 is 1.15 bits per heavy atom. The van der Waals surface area contributed by atoms with E-state index >= 15 is 0 Å². The first-order valence-electron chi connectivity index (χ1n) is 7.93. The molecule has 3 N–H and O–H groups in total. The minimum absolute atomic E-state index is 0.0873. The fourth-order valence-corrected chi connectivity index (χ4v) is 2.76. The lowest BCUT2D eigenvalue weighted by atomic mass is 9.98. The first-order chi connectivity index (χ1) is 12.5. The Morgan fingerprint density at radius 2 is 1.92 bits per heavy atom. The summed E-state index contributed by atoms with van der Waals surface area (Å²) in [7, 11) is 1.42. The number of hydrogen-bond acceptors (Lipinski definition) is 5. The number of aryl methyl sites for hydroxylation is 1. The Labute approximate surface area is 149 Å². The fourth-order valence-electron chi connectivity index (χ4n) is 2.76. The number of fused-ring (bicyclic) bond motifs is 1. The largest absolute Gasteiger partial charge is 0.502 e. The number of carbonyl (C=O) groups excluding carboxylic acids is 1. The van der Waals surface area contributed by atoms with Crippen LogP contribution in [0.15, 0.2) is 69.7 Å². The average molecular weight is 350 g/mol. The maximum atomic E-state index is 12.0. The van der Waals surface area contributed by atoms with Gasteiger partial charge in [-0.15, -0.1) is 0 Å². The predicted molar refractivity (Wildman–Crippen MR) is 101 cm³/mol. The van der Waals surface area contributed by atoms with Crippen molar-refractivity contribution in [1.82, 2.24) is 0 Å². The van der Waals surface area contributed by atoms with Gasteiger partial charge in [0.05, 0.1) is 7.11 Å². The Kier molecular flexibility index (Phi) is 4.75. The maximum Gasteiger partial charge on any atom is 0.336 e. The summed E-state index contributed by atoms with van der Waals surface area (Å²) >= 11 is 0. The average Bonchev–Trinajstić information content (AvgIpc) is 2.60. The number of ether oxygens (including phenoxy) is 1. The molecule has 0 aliphatic carbocycles. The van der Waals surface area contributed by atoms with Crippen LogP contribution in [0.1, 0.15) is 5.56 Å². The lowest BCUT2D eigenvalue weighted by Gasteiger charge is -2.11. The second-order valence-corrected chi connectivity index (χ2v) is 5.76. The lowest BCUT2D eigenvalue weighted by Crippen LogP contribution is -2.20. The van der Waals surface area contributed by atoms with Crippen LogP contribution < -0.4 is 16.7 Å². The van der Waals surface area contributed by atoms with E-state index in [1.165, 1.54) is 19.4 Å². The highest BCUT2D eigenvalue weighted by Gasteiger charge is 2.12. The van der Waals surface area contributed by atoms with Gasteiger partial charge in [-0.2, -0.15) is 0 Å². The first kappa shape index (κ1) is 17.3. The molecule has 26 heavy (non-hydrogen) atoms. The zero-order chi connectivity index (χ0) is 18.7. The summed E-state index contributed by atoms with van der Waals surface area (Å²) < 4.78 is 10.2. The van der Waals surface area contributed by atoms with Crippen molar-refractivity contribution < 1.29 is 13.9 Å². The summed E-state index contributed by atoms with van der Waals surface area (Å²) in [6.07, 6.45) is 1.21. The summed E-state index contributed by atoms with van der Waals surface area (Å²) in [5, 5.41) is 3.65. The predicted octanol–water partition coefficient (Wildman–Crippen LogP) is 3.15. The number of anilines is 1. The molecule has 3 rings (SSSR count). The minimum Gasteiger partial charge on any atom is -0.502 e. The van der Waals surface area contributed by atoms with Gasteiger partial charge in [-0.3, -0.25) is 4.79 Å². The monoisotopic (exact) mass is 350 g/mol. The second kappa shape index (κ2) is 7.14. The molecule has 1 heterocycles. The molecule has 0 radical (unpaired) electrons. The van der Waals surface area contributed by atoms with Crippen LogP contribution in [-0.4, -0.2) is 13.0 Å². The van der Waals surface area contributed by atoms with Crippen LogP contribution in [0.25, 0.3) is 22.1 Å². The SMILES string of the molecule is COC=C(Nc1ccc2c(-c3ccccc3C)cc(=O)oc2c1)C(N)=O. The van der Waals surface area contributed by atoms with Gasteiger partial charge in [0.25, 0.3) is 5.91 Å². The summed E-state index contributed by atoms with van der Waals surface area (Å²) in [6.45, 7) is 1.99. The summed E-state index contributed by atoms with van der Waals surface area (Å²) in [5.74, 6) is -0.665. The number of rotatable bonds is 5. The van der Waals surface area contributed by atoms with E-state index in [2.05, 4.69) is 5.32 Å². The normalized spacial score (nSPS) is 11.4.